The van der Waals surface area contributed by atoms with Crippen LogP contribution in [-0.4, -0.2) is 42.8 Å². The number of ketones is 1. The van der Waals surface area contributed by atoms with Crippen LogP contribution in [0.5, 0.6) is 17.2 Å². The number of benzene rings is 2. The van der Waals surface area contributed by atoms with Crippen LogP contribution in [0.15, 0.2) is 42.6 Å². The Kier molecular flexibility index (Phi) is 6.04. The summed E-state index contributed by atoms with van der Waals surface area (Å²) in [6, 6.07) is 10.5. The van der Waals surface area contributed by atoms with Crippen LogP contribution in [0, 0.1) is 0 Å². The van der Waals surface area contributed by atoms with Gasteiger partial charge in [0.2, 0.25) is 11.7 Å². The van der Waals surface area contributed by atoms with Crippen LogP contribution in [0.4, 0.5) is 0 Å². The summed E-state index contributed by atoms with van der Waals surface area (Å²) < 4.78 is 17.8. The van der Waals surface area contributed by atoms with Crippen molar-refractivity contribution in [3.63, 3.8) is 0 Å². The smallest absolute Gasteiger partial charge is 0.245 e. The van der Waals surface area contributed by atoms with Gasteiger partial charge < -0.3 is 18.8 Å². The van der Waals surface area contributed by atoms with E-state index in [0.717, 1.165) is 10.9 Å². The number of rotatable bonds is 8. The largest absolute Gasteiger partial charge is 0.493 e. The molecule has 0 fully saturated rings. The molecule has 1 amide bonds. The Bertz CT molecular complexity index is 1030. The maximum atomic E-state index is 13.0. The minimum absolute atomic E-state index is 0.145. The molecule has 29 heavy (non-hydrogen) atoms. The van der Waals surface area contributed by atoms with Crippen LogP contribution < -0.4 is 19.7 Å². The second-order valence-electron chi connectivity index (χ2n) is 6.31. The molecule has 0 bridgehead atoms. The van der Waals surface area contributed by atoms with E-state index in [0.29, 0.717) is 34.9 Å². The molecule has 3 rings (SSSR count). The molecule has 0 saturated heterocycles. The van der Waals surface area contributed by atoms with Crippen LogP contribution in [0.1, 0.15) is 22.3 Å². The van der Waals surface area contributed by atoms with E-state index in [1.54, 1.807) is 29.7 Å². The third-order valence-corrected chi connectivity index (χ3v) is 4.66. The zero-order chi connectivity index (χ0) is 21.0. The van der Waals surface area contributed by atoms with Gasteiger partial charge in [-0.1, -0.05) is 0 Å². The maximum absolute atomic E-state index is 13.0. The minimum Gasteiger partial charge on any atom is -0.493 e. The molecule has 1 heterocycles. The number of carbonyl (C=O) groups excluding carboxylic acids is 2. The number of methoxy groups -OCH3 is 3. The Morgan fingerprint density at radius 2 is 1.66 bits per heavy atom. The number of nitrogens with one attached hydrogen (secondary N) is 1. The number of amides is 1. The zero-order valence-electron chi connectivity index (χ0n) is 16.4. The van der Waals surface area contributed by atoms with Crippen LogP contribution in [0.25, 0.3) is 10.9 Å². The number of hydrogen-bond acceptors (Lipinski definition) is 6. The van der Waals surface area contributed by atoms with Gasteiger partial charge in [0.25, 0.3) is 0 Å². The Hall–Kier alpha value is -3.52. The summed E-state index contributed by atoms with van der Waals surface area (Å²) in [5, 5.41) is 9.49. The first-order valence-corrected chi connectivity index (χ1v) is 8.89. The van der Waals surface area contributed by atoms with E-state index < -0.39 is 5.91 Å². The highest BCUT2D eigenvalue weighted by Gasteiger charge is 2.18. The van der Waals surface area contributed by atoms with Crippen molar-refractivity contribution in [2.24, 2.45) is 0 Å². The number of hydroxylamine groups is 1. The molecule has 0 radical (unpaired) electrons. The summed E-state index contributed by atoms with van der Waals surface area (Å²) in [4.78, 5) is 24.3. The molecule has 0 saturated carbocycles. The number of ether oxygens (including phenoxy) is 3. The molecule has 1 aromatic heterocycles. The number of carbonyl (C=O) groups is 2. The Morgan fingerprint density at radius 3 is 2.24 bits per heavy atom. The van der Waals surface area contributed by atoms with Crippen molar-refractivity contribution in [2.75, 3.05) is 21.3 Å². The standard InChI is InChI=1S/C21H22N2O6/c1-27-17-11-15(12-18(28-2)21(17)29-3)20(25)14-4-5-16-13(10-14)6-8-23(16)9-7-19(24)22-26/h4-6,8,10-12,26H,7,9H2,1-3H3,(H,22,24). The van der Waals surface area contributed by atoms with Crippen molar-refractivity contribution in [1.82, 2.24) is 10.0 Å². The summed E-state index contributed by atoms with van der Waals surface area (Å²) in [6.45, 7) is 0.413. The molecule has 2 N–H and O–H groups in total. The highest BCUT2D eigenvalue weighted by atomic mass is 16.5. The van der Waals surface area contributed by atoms with Gasteiger partial charge in [0.05, 0.1) is 21.3 Å². The van der Waals surface area contributed by atoms with Gasteiger partial charge in [0.1, 0.15) is 0 Å². The molecular formula is C21H22N2O6. The van der Waals surface area contributed by atoms with Gasteiger partial charge in [-0.3, -0.25) is 14.8 Å². The van der Waals surface area contributed by atoms with E-state index in [9.17, 15) is 9.59 Å². The molecule has 3 aromatic rings. The van der Waals surface area contributed by atoms with E-state index >= 15 is 0 Å². The van der Waals surface area contributed by atoms with E-state index in [1.807, 2.05) is 22.9 Å². The molecular weight excluding hydrogens is 376 g/mol. The number of hydrogen-bond donors (Lipinski definition) is 2. The highest BCUT2D eigenvalue weighted by molar-refractivity contribution is 6.11. The predicted molar refractivity (Wildman–Crippen MR) is 106 cm³/mol. The fourth-order valence-electron chi connectivity index (χ4n) is 3.19. The second kappa shape index (κ2) is 8.66. The predicted octanol–water partition coefficient (Wildman–Crippen LogP) is 2.79. The number of fused-ring (bicyclic) bond motifs is 1. The molecule has 0 aliphatic rings. The lowest BCUT2D eigenvalue weighted by Gasteiger charge is -2.13. The summed E-state index contributed by atoms with van der Waals surface area (Å²) in [6.07, 6.45) is 1.98. The third-order valence-electron chi connectivity index (χ3n) is 4.66. The number of nitrogens with zero attached hydrogens (tertiary/aromatic N) is 1. The molecule has 2 aromatic carbocycles. The summed E-state index contributed by atoms with van der Waals surface area (Å²) in [5.74, 6) is 0.597. The van der Waals surface area contributed by atoms with E-state index in [2.05, 4.69) is 0 Å². The number of aromatic nitrogens is 1. The van der Waals surface area contributed by atoms with Gasteiger partial charge in [-0.25, -0.2) is 5.48 Å². The zero-order valence-corrected chi connectivity index (χ0v) is 16.4. The fourth-order valence-corrected chi connectivity index (χ4v) is 3.19. The van der Waals surface area contributed by atoms with Crippen molar-refractivity contribution >= 4 is 22.6 Å². The molecule has 0 atom stereocenters. The van der Waals surface area contributed by atoms with Crippen LogP contribution >= 0.6 is 0 Å². The van der Waals surface area contributed by atoms with Gasteiger partial charge >= 0.3 is 0 Å². The molecule has 0 spiro atoms. The van der Waals surface area contributed by atoms with Crippen molar-refractivity contribution in [2.45, 2.75) is 13.0 Å². The van der Waals surface area contributed by atoms with Crippen LogP contribution in [-0.2, 0) is 11.3 Å². The van der Waals surface area contributed by atoms with Crippen molar-refractivity contribution in [3.8, 4) is 17.2 Å². The minimum atomic E-state index is -0.457. The normalized spacial score (nSPS) is 10.6. The first-order chi connectivity index (χ1) is 14.0. The van der Waals surface area contributed by atoms with Gasteiger partial charge in [-0.15, -0.1) is 0 Å². The van der Waals surface area contributed by atoms with Crippen molar-refractivity contribution < 1.29 is 29.0 Å². The van der Waals surface area contributed by atoms with Crippen molar-refractivity contribution in [1.29, 1.82) is 0 Å². The summed E-state index contributed by atoms with van der Waals surface area (Å²) >= 11 is 0. The first-order valence-electron chi connectivity index (χ1n) is 8.89. The highest BCUT2D eigenvalue weighted by Crippen LogP contribution is 2.38. The fraction of sp³-hybridized carbons (Fsp3) is 0.238. The van der Waals surface area contributed by atoms with Gasteiger partial charge in [0.15, 0.2) is 17.3 Å². The lowest BCUT2D eigenvalue weighted by atomic mass is 10.0. The molecule has 0 aliphatic carbocycles. The lowest BCUT2D eigenvalue weighted by Crippen LogP contribution is -2.19. The van der Waals surface area contributed by atoms with E-state index in [-0.39, 0.29) is 12.2 Å². The Balaban J connectivity index is 1.93. The number of aryl methyl sites for hydroxylation is 1. The Morgan fingerprint density at radius 1 is 0.966 bits per heavy atom. The average molecular weight is 398 g/mol. The Labute approximate surface area is 167 Å². The van der Waals surface area contributed by atoms with Gasteiger partial charge in [0, 0.05) is 41.2 Å². The molecule has 0 aliphatic heterocycles. The summed E-state index contributed by atoms with van der Waals surface area (Å²) in [7, 11) is 4.50. The SMILES string of the molecule is COc1cc(C(=O)c2ccc3c(ccn3CCC(=O)NO)c2)cc(OC)c1OC. The molecule has 8 heteroatoms. The van der Waals surface area contributed by atoms with Crippen molar-refractivity contribution in [3.05, 3.63) is 53.7 Å². The molecule has 8 nitrogen and oxygen atoms in total. The summed E-state index contributed by atoms with van der Waals surface area (Å²) in [5.41, 5.74) is 3.43. The molecule has 152 valence electrons. The van der Waals surface area contributed by atoms with Crippen LogP contribution in [0.2, 0.25) is 0 Å². The van der Waals surface area contributed by atoms with Crippen LogP contribution in [0.3, 0.4) is 0 Å². The monoisotopic (exact) mass is 398 g/mol. The first kappa shape index (κ1) is 20.2. The topological polar surface area (TPSA) is 99.0 Å². The van der Waals surface area contributed by atoms with E-state index in [1.165, 1.54) is 21.3 Å². The molecule has 0 unspecified atom stereocenters. The average Bonchev–Trinajstić information content (AvgIpc) is 3.17. The van der Waals surface area contributed by atoms with E-state index in [4.69, 9.17) is 19.4 Å². The third kappa shape index (κ3) is 4.02. The maximum Gasteiger partial charge on any atom is 0.245 e. The van der Waals surface area contributed by atoms with Gasteiger partial charge in [-0.05, 0) is 36.4 Å². The quantitative estimate of drug-likeness (QED) is 0.344. The van der Waals surface area contributed by atoms with Gasteiger partial charge in [-0.2, -0.15) is 0 Å². The lowest BCUT2D eigenvalue weighted by molar-refractivity contribution is -0.129. The second-order valence-corrected chi connectivity index (χ2v) is 6.31.